The quantitative estimate of drug-likeness (QED) is 0.779. The molecule has 0 amide bonds. The number of benzene rings is 2. The van der Waals surface area contributed by atoms with Gasteiger partial charge < -0.3 is 5.11 Å². The van der Waals surface area contributed by atoms with Crippen LogP contribution in [0.5, 0.6) is 0 Å². The summed E-state index contributed by atoms with van der Waals surface area (Å²) in [5.41, 5.74) is 0.500. The third-order valence-corrected chi connectivity index (χ3v) is 5.37. The Bertz CT molecular complexity index is 760. The molecule has 0 bridgehead atoms. The lowest BCUT2D eigenvalue weighted by atomic mass is 10.1. The number of rotatable bonds is 6. The van der Waals surface area contributed by atoms with Crippen molar-refractivity contribution in [2.24, 2.45) is 0 Å². The Kier molecular flexibility index (Phi) is 5.74. The van der Waals surface area contributed by atoms with Crippen molar-refractivity contribution in [1.82, 2.24) is 4.72 Å². The molecular formula is C15H15F2NO3S2. The maximum atomic E-state index is 13.6. The Morgan fingerprint density at radius 1 is 1.13 bits per heavy atom. The second-order valence-electron chi connectivity index (χ2n) is 4.69. The lowest BCUT2D eigenvalue weighted by molar-refractivity contribution is 0.182. The van der Waals surface area contributed by atoms with Crippen LogP contribution in [0.4, 0.5) is 8.78 Å². The van der Waals surface area contributed by atoms with Crippen molar-refractivity contribution in [2.75, 3.05) is 12.8 Å². The molecule has 0 saturated carbocycles. The van der Waals surface area contributed by atoms with Gasteiger partial charge in [-0.2, -0.15) is 0 Å². The summed E-state index contributed by atoms with van der Waals surface area (Å²) in [4.78, 5) is -0.0557. The third-order valence-electron chi connectivity index (χ3n) is 3.15. The van der Waals surface area contributed by atoms with Crippen molar-refractivity contribution in [3.8, 4) is 0 Å². The highest BCUT2D eigenvalue weighted by Gasteiger charge is 2.24. The Morgan fingerprint density at radius 2 is 1.70 bits per heavy atom. The molecule has 0 aromatic heterocycles. The Balaban J connectivity index is 2.12. The summed E-state index contributed by atoms with van der Waals surface area (Å²) in [5, 5.41) is 10.0. The van der Waals surface area contributed by atoms with Crippen molar-refractivity contribution < 1.29 is 22.3 Å². The third kappa shape index (κ3) is 4.29. The maximum absolute atomic E-state index is 13.6. The predicted molar refractivity (Wildman–Crippen MR) is 84.7 cm³/mol. The molecule has 2 aromatic rings. The first-order chi connectivity index (χ1) is 10.8. The fourth-order valence-corrected chi connectivity index (χ4v) is 3.52. The first kappa shape index (κ1) is 17.9. The van der Waals surface area contributed by atoms with E-state index in [-0.39, 0.29) is 0 Å². The van der Waals surface area contributed by atoms with Gasteiger partial charge >= 0.3 is 0 Å². The molecule has 2 rings (SSSR count). The maximum Gasteiger partial charge on any atom is 0.246 e. The van der Waals surface area contributed by atoms with Gasteiger partial charge in [0.2, 0.25) is 10.0 Å². The second kappa shape index (κ2) is 7.39. The summed E-state index contributed by atoms with van der Waals surface area (Å²) in [5.74, 6) is -2.37. The zero-order chi connectivity index (χ0) is 17.0. The van der Waals surface area contributed by atoms with Crippen molar-refractivity contribution in [3.63, 3.8) is 0 Å². The average Bonchev–Trinajstić information content (AvgIpc) is 2.52. The molecule has 0 aliphatic rings. The van der Waals surface area contributed by atoms with Gasteiger partial charge in [0, 0.05) is 11.4 Å². The molecule has 8 heteroatoms. The summed E-state index contributed by atoms with van der Waals surface area (Å²) < 4.78 is 53.1. The van der Waals surface area contributed by atoms with Crippen molar-refractivity contribution in [3.05, 3.63) is 59.7 Å². The summed E-state index contributed by atoms with van der Waals surface area (Å²) in [7, 11) is -4.40. The van der Waals surface area contributed by atoms with Gasteiger partial charge in [-0.15, -0.1) is 11.8 Å². The molecule has 0 saturated heterocycles. The zero-order valence-electron chi connectivity index (χ0n) is 12.2. The van der Waals surface area contributed by atoms with E-state index < -0.39 is 39.2 Å². The highest BCUT2D eigenvalue weighted by Crippen LogP contribution is 2.21. The minimum Gasteiger partial charge on any atom is -0.387 e. The highest BCUT2D eigenvalue weighted by molar-refractivity contribution is 7.98. The van der Waals surface area contributed by atoms with Crippen molar-refractivity contribution in [1.29, 1.82) is 0 Å². The van der Waals surface area contributed by atoms with Gasteiger partial charge in [0.25, 0.3) is 0 Å². The van der Waals surface area contributed by atoms with Gasteiger partial charge in [-0.1, -0.05) is 18.2 Å². The number of aliphatic hydroxyl groups is 1. The van der Waals surface area contributed by atoms with Gasteiger partial charge in [0.05, 0.1) is 6.10 Å². The fraction of sp³-hybridized carbons (Fsp3) is 0.200. The topological polar surface area (TPSA) is 66.4 Å². The van der Waals surface area contributed by atoms with Gasteiger partial charge in [0.1, 0.15) is 11.6 Å². The van der Waals surface area contributed by atoms with Crippen molar-refractivity contribution in [2.45, 2.75) is 15.9 Å². The standard InChI is InChI=1S/C15H15F2NO3S2/c1-22-11-7-5-10(6-8-11)14(19)9-18-23(20,21)15-12(16)3-2-4-13(15)17/h2-8,14,18-19H,9H2,1H3. The first-order valence-electron chi connectivity index (χ1n) is 6.61. The van der Waals surface area contributed by atoms with E-state index in [0.29, 0.717) is 5.56 Å². The van der Waals surface area contributed by atoms with Crippen LogP contribution in [0.25, 0.3) is 0 Å². The highest BCUT2D eigenvalue weighted by atomic mass is 32.2. The summed E-state index contributed by atoms with van der Waals surface area (Å²) in [6.07, 6.45) is 0.776. The Labute approximate surface area is 137 Å². The van der Waals surface area contributed by atoms with Crippen LogP contribution in [0.2, 0.25) is 0 Å². The number of nitrogens with one attached hydrogen (secondary N) is 1. The molecule has 124 valence electrons. The van der Waals surface area contributed by atoms with Crippen LogP contribution in [-0.2, 0) is 10.0 Å². The lowest BCUT2D eigenvalue weighted by Gasteiger charge is -2.13. The molecule has 23 heavy (non-hydrogen) atoms. The molecule has 4 nitrogen and oxygen atoms in total. The molecule has 2 aromatic carbocycles. The van der Waals surface area contributed by atoms with E-state index in [1.165, 1.54) is 11.8 Å². The van der Waals surface area contributed by atoms with Crippen LogP contribution in [-0.4, -0.2) is 26.3 Å². The summed E-state index contributed by atoms with van der Waals surface area (Å²) in [6, 6.07) is 9.68. The largest absolute Gasteiger partial charge is 0.387 e. The molecule has 0 spiro atoms. The van der Waals surface area contributed by atoms with E-state index in [1.54, 1.807) is 24.3 Å². The minimum atomic E-state index is -4.40. The van der Waals surface area contributed by atoms with Crippen LogP contribution in [0.1, 0.15) is 11.7 Å². The van der Waals surface area contributed by atoms with E-state index in [2.05, 4.69) is 0 Å². The Morgan fingerprint density at radius 3 is 2.22 bits per heavy atom. The van der Waals surface area contributed by atoms with Crippen LogP contribution in [0.3, 0.4) is 0 Å². The monoisotopic (exact) mass is 359 g/mol. The van der Waals surface area contributed by atoms with Gasteiger partial charge in [0.15, 0.2) is 4.90 Å². The van der Waals surface area contributed by atoms with E-state index in [9.17, 15) is 22.3 Å². The normalized spacial score (nSPS) is 13.0. The first-order valence-corrected chi connectivity index (χ1v) is 9.31. The fourth-order valence-electron chi connectivity index (χ4n) is 1.94. The predicted octanol–water partition coefficient (Wildman–Crippen LogP) is 2.70. The summed E-state index contributed by atoms with van der Waals surface area (Å²) in [6.45, 7) is -0.394. The number of aliphatic hydroxyl groups excluding tert-OH is 1. The van der Waals surface area contributed by atoms with Crippen LogP contribution in [0.15, 0.2) is 52.3 Å². The molecule has 0 heterocycles. The molecule has 2 N–H and O–H groups in total. The Hall–Kier alpha value is -1.48. The molecule has 1 unspecified atom stereocenters. The number of halogens is 2. The SMILES string of the molecule is CSc1ccc(C(O)CNS(=O)(=O)c2c(F)cccc2F)cc1. The number of hydrogen-bond acceptors (Lipinski definition) is 4. The van der Waals surface area contributed by atoms with Gasteiger partial charge in [-0.25, -0.2) is 21.9 Å². The van der Waals surface area contributed by atoms with Crippen LogP contribution in [0, 0.1) is 11.6 Å². The zero-order valence-corrected chi connectivity index (χ0v) is 13.8. The summed E-state index contributed by atoms with van der Waals surface area (Å²) >= 11 is 1.53. The average molecular weight is 359 g/mol. The molecule has 0 fully saturated rings. The van der Waals surface area contributed by atoms with E-state index in [0.717, 1.165) is 23.1 Å². The molecule has 1 atom stereocenters. The van der Waals surface area contributed by atoms with Crippen molar-refractivity contribution >= 4 is 21.8 Å². The molecular weight excluding hydrogens is 344 g/mol. The smallest absolute Gasteiger partial charge is 0.246 e. The van der Waals surface area contributed by atoms with Gasteiger partial charge in [-0.05, 0) is 36.1 Å². The number of hydrogen-bond donors (Lipinski definition) is 2. The second-order valence-corrected chi connectivity index (χ2v) is 7.28. The molecule has 0 aliphatic heterocycles. The van der Waals surface area contributed by atoms with E-state index >= 15 is 0 Å². The van der Waals surface area contributed by atoms with Crippen LogP contribution >= 0.6 is 11.8 Å². The van der Waals surface area contributed by atoms with E-state index in [4.69, 9.17) is 0 Å². The molecule has 0 radical (unpaired) electrons. The molecule has 0 aliphatic carbocycles. The van der Waals surface area contributed by atoms with Gasteiger partial charge in [-0.3, -0.25) is 0 Å². The number of thioether (sulfide) groups is 1. The van der Waals surface area contributed by atoms with E-state index in [1.807, 2.05) is 11.0 Å². The number of sulfonamides is 1. The minimum absolute atomic E-state index is 0.394. The van der Waals surface area contributed by atoms with Crippen LogP contribution < -0.4 is 4.72 Å². The lowest BCUT2D eigenvalue weighted by Crippen LogP contribution is -2.30.